The molecule has 0 fully saturated rings. The van der Waals surface area contributed by atoms with Crippen LogP contribution in [0.2, 0.25) is 5.02 Å². The second-order valence-corrected chi connectivity index (χ2v) is 6.27. The van der Waals surface area contributed by atoms with Gasteiger partial charge in [-0.25, -0.2) is 0 Å². The molecule has 0 saturated carbocycles. The van der Waals surface area contributed by atoms with Crippen LogP contribution < -0.4 is 0 Å². The molecule has 0 amide bonds. The van der Waals surface area contributed by atoms with Gasteiger partial charge in [-0.3, -0.25) is 14.9 Å². The number of carbonyl (C=O) groups is 1. The highest BCUT2D eigenvalue weighted by Gasteiger charge is 2.38. The Morgan fingerprint density at radius 1 is 1.42 bits per heavy atom. The van der Waals surface area contributed by atoms with Gasteiger partial charge in [-0.2, -0.15) is 0 Å². The molecule has 0 aliphatic rings. The Morgan fingerprint density at radius 3 is 2.42 bits per heavy atom. The van der Waals surface area contributed by atoms with E-state index in [1.165, 1.54) is 12.1 Å². The number of nitro benzene ring substituents is 1. The van der Waals surface area contributed by atoms with E-state index in [0.717, 1.165) is 13.0 Å². The number of non-ortho nitro benzene ring substituents is 1. The smallest absolute Gasteiger partial charge is 0.303 e. The molecular weight excluding hydrogens is 340 g/mol. The van der Waals surface area contributed by atoms with Crippen LogP contribution in [-0.4, -0.2) is 14.7 Å². The van der Waals surface area contributed by atoms with Crippen LogP contribution in [0.1, 0.15) is 18.6 Å². The highest BCUT2D eigenvalue weighted by atomic mass is 35.6. The molecule has 1 atom stereocenters. The number of alkyl halides is 3. The zero-order chi connectivity index (χ0) is 14.8. The molecule has 5 nitrogen and oxygen atoms in total. The Morgan fingerprint density at radius 2 is 2.00 bits per heavy atom. The second kappa shape index (κ2) is 6.13. The standard InChI is InChI=1S/C10H7Cl4NO4/c1-5(16)19-9(10(12,13)14)7-4-6(15(17)18)2-3-8(7)11/h2-4,9H,1H3. The van der Waals surface area contributed by atoms with Crippen molar-refractivity contribution in [2.45, 2.75) is 16.8 Å². The molecule has 104 valence electrons. The van der Waals surface area contributed by atoms with Crippen LogP contribution in [0.5, 0.6) is 0 Å². The van der Waals surface area contributed by atoms with Crippen LogP contribution in [0.4, 0.5) is 5.69 Å². The third-order valence-corrected chi connectivity index (χ3v) is 2.99. The van der Waals surface area contributed by atoms with E-state index in [2.05, 4.69) is 0 Å². The average molecular weight is 347 g/mol. The number of rotatable bonds is 3. The summed E-state index contributed by atoms with van der Waals surface area (Å²) < 4.78 is 2.87. The van der Waals surface area contributed by atoms with Crippen LogP contribution in [0.3, 0.4) is 0 Å². The van der Waals surface area contributed by atoms with Gasteiger partial charge in [0.25, 0.3) is 5.69 Å². The summed E-state index contributed by atoms with van der Waals surface area (Å²) in [6.45, 7) is 1.12. The molecule has 9 heteroatoms. The molecule has 0 saturated heterocycles. The molecule has 0 aliphatic carbocycles. The SMILES string of the molecule is CC(=O)OC(c1cc([N+](=O)[O-])ccc1Cl)C(Cl)(Cl)Cl. The van der Waals surface area contributed by atoms with Crippen molar-refractivity contribution in [3.63, 3.8) is 0 Å². The Kier molecular flexibility index (Phi) is 5.26. The number of ether oxygens (including phenoxy) is 1. The maximum Gasteiger partial charge on any atom is 0.303 e. The van der Waals surface area contributed by atoms with Crippen LogP contribution in [0, 0.1) is 10.1 Å². The highest BCUT2D eigenvalue weighted by Crippen LogP contribution is 2.45. The summed E-state index contributed by atoms with van der Waals surface area (Å²) in [5, 5.41) is 10.8. The number of benzene rings is 1. The van der Waals surface area contributed by atoms with Crippen LogP contribution >= 0.6 is 46.4 Å². The monoisotopic (exact) mass is 345 g/mol. The van der Waals surface area contributed by atoms with Crippen LogP contribution in [0.15, 0.2) is 18.2 Å². The third kappa shape index (κ3) is 4.38. The molecular formula is C10H7Cl4NO4. The lowest BCUT2D eigenvalue weighted by Crippen LogP contribution is -2.23. The molecule has 0 spiro atoms. The summed E-state index contributed by atoms with van der Waals surface area (Å²) in [5.74, 6) is -0.709. The average Bonchev–Trinajstić information content (AvgIpc) is 2.25. The Balaban J connectivity index is 3.32. The van der Waals surface area contributed by atoms with E-state index >= 15 is 0 Å². The predicted molar refractivity (Wildman–Crippen MR) is 72.9 cm³/mol. The summed E-state index contributed by atoms with van der Waals surface area (Å²) in [4.78, 5) is 21.1. The van der Waals surface area contributed by atoms with E-state index in [4.69, 9.17) is 51.1 Å². The first kappa shape index (κ1) is 16.3. The first-order valence-electron chi connectivity index (χ1n) is 4.80. The minimum absolute atomic E-state index is 0.0473. The Labute approximate surface area is 128 Å². The lowest BCUT2D eigenvalue weighted by Gasteiger charge is -2.24. The highest BCUT2D eigenvalue weighted by molar-refractivity contribution is 6.68. The van der Waals surface area contributed by atoms with E-state index in [9.17, 15) is 14.9 Å². The summed E-state index contributed by atoms with van der Waals surface area (Å²) in [5.41, 5.74) is -0.211. The molecule has 0 aromatic heterocycles. The molecule has 0 N–H and O–H groups in total. The number of esters is 1. The number of carbonyl (C=O) groups excluding carboxylic acids is 1. The quantitative estimate of drug-likeness (QED) is 0.355. The van der Waals surface area contributed by atoms with Gasteiger partial charge in [0.1, 0.15) is 0 Å². The molecule has 1 rings (SSSR count). The second-order valence-electron chi connectivity index (χ2n) is 3.49. The van der Waals surface area contributed by atoms with Crippen molar-refractivity contribution < 1.29 is 14.5 Å². The number of hydrogen-bond acceptors (Lipinski definition) is 4. The fraction of sp³-hybridized carbons (Fsp3) is 0.300. The predicted octanol–water partition coefficient (Wildman–Crippen LogP) is 4.22. The number of nitrogens with zero attached hydrogens (tertiary/aromatic N) is 1. The summed E-state index contributed by atoms with van der Waals surface area (Å²) in [6.07, 6.45) is -1.35. The number of halogens is 4. The molecule has 19 heavy (non-hydrogen) atoms. The largest absolute Gasteiger partial charge is 0.453 e. The van der Waals surface area contributed by atoms with E-state index in [-0.39, 0.29) is 16.3 Å². The van der Waals surface area contributed by atoms with Gasteiger partial charge in [0.2, 0.25) is 3.79 Å². The number of nitro groups is 1. The lowest BCUT2D eigenvalue weighted by atomic mass is 10.1. The molecule has 1 aromatic carbocycles. The molecule has 0 bridgehead atoms. The lowest BCUT2D eigenvalue weighted by molar-refractivity contribution is -0.385. The zero-order valence-corrected chi connectivity index (χ0v) is 12.4. The molecule has 1 aromatic rings. The van der Waals surface area contributed by atoms with Crippen LogP contribution in [0.25, 0.3) is 0 Å². The topological polar surface area (TPSA) is 69.4 Å². The maximum absolute atomic E-state index is 11.0. The van der Waals surface area contributed by atoms with E-state index < -0.39 is 20.8 Å². The summed E-state index contributed by atoms with van der Waals surface area (Å²) in [6, 6.07) is 3.55. The minimum Gasteiger partial charge on any atom is -0.453 e. The van der Waals surface area contributed by atoms with Crippen molar-refractivity contribution in [2.75, 3.05) is 0 Å². The van der Waals surface area contributed by atoms with Gasteiger partial charge >= 0.3 is 5.97 Å². The zero-order valence-electron chi connectivity index (χ0n) is 9.40. The van der Waals surface area contributed by atoms with E-state index in [1.807, 2.05) is 0 Å². The van der Waals surface area contributed by atoms with Crippen molar-refractivity contribution in [3.8, 4) is 0 Å². The molecule has 0 aliphatic heterocycles. The van der Waals surface area contributed by atoms with Crippen molar-refractivity contribution in [2.24, 2.45) is 0 Å². The van der Waals surface area contributed by atoms with E-state index in [0.29, 0.717) is 0 Å². The van der Waals surface area contributed by atoms with Gasteiger partial charge in [0, 0.05) is 29.6 Å². The Hall–Kier alpha value is -0.750. The van der Waals surface area contributed by atoms with Gasteiger partial charge < -0.3 is 4.74 Å². The summed E-state index contributed by atoms with van der Waals surface area (Å²) in [7, 11) is 0. The molecule has 1 unspecified atom stereocenters. The van der Waals surface area contributed by atoms with Crippen molar-refractivity contribution in [1.29, 1.82) is 0 Å². The normalized spacial score (nSPS) is 12.9. The van der Waals surface area contributed by atoms with Gasteiger partial charge in [-0.05, 0) is 6.07 Å². The Bertz CT molecular complexity index is 515. The van der Waals surface area contributed by atoms with E-state index in [1.54, 1.807) is 0 Å². The van der Waals surface area contributed by atoms with Gasteiger partial charge in [0.05, 0.1) is 4.92 Å². The molecule has 0 radical (unpaired) electrons. The van der Waals surface area contributed by atoms with Gasteiger partial charge in [-0.15, -0.1) is 0 Å². The fourth-order valence-electron chi connectivity index (χ4n) is 1.32. The molecule has 0 heterocycles. The van der Waals surface area contributed by atoms with Crippen molar-refractivity contribution in [1.82, 2.24) is 0 Å². The van der Waals surface area contributed by atoms with Gasteiger partial charge in [0.15, 0.2) is 6.10 Å². The van der Waals surface area contributed by atoms with Crippen molar-refractivity contribution >= 4 is 58.1 Å². The first-order valence-corrected chi connectivity index (χ1v) is 6.32. The van der Waals surface area contributed by atoms with Crippen LogP contribution in [-0.2, 0) is 9.53 Å². The maximum atomic E-state index is 11.0. The third-order valence-electron chi connectivity index (χ3n) is 2.05. The number of hydrogen-bond donors (Lipinski definition) is 0. The van der Waals surface area contributed by atoms with Crippen molar-refractivity contribution in [3.05, 3.63) is 38.9 Å². The first-order chi connectivity index (χ1) is 8.62. The summed E-state index contributed by atoms with van der Waals surface area (Å²) >= 11 is 23.0. The minimum atomic E-state index is -2.01. The van der Waals surface area contributed by atoms with Gasteiger partial charge in [-0.1, -0.05) is 46.4 Å². The fourth-order valence-corrected chi connectivity index (χ4v) is 2.02.